The highest BCUT2D eigenvalue weighted by molar-refractivity contribution is 4.83. The molecule has 3 nitrogen and oxygen atoms in total. The largest absolute Gasteiger partial charge is 0.379 e. The Bertz CT molecular complexity index is 194. The Balaban J connectivity index is 2.27. The molecular formula is C12H26N2O. The maximum Gasteiger partial charge on any atom is 0.0637 e. The first-order valence-corrected chi connectivity index (χ1v) is 5.93. The predicted octanol–water partition coefficient (Wildman–Crippen LogP) is 1.48. The second kappa shape index (κ2) is 5.28. The van der Waals surface area contributed by atoms with Crippen molar-refractivity contribution >= 4 is 0 Å². The van der Waals surface area contributed by atoms with Crippen LogP contribution in [0.2, 0.25) is 0 Å². The molecule has 90 valence electrons. The molecule has 0 aliphatic carbocycles. The first-order valence-electron chi connectivity index (χ1n) is 5.93. The van der Waals surface area contributed by atoms with Gasteiger partial charge in [0.15, 0.2) is 0 Å². The molecule has 0 aromatic carbocycles. The number of nitrogens with zero attached hydrogens (tertiary/aromatic N) is 1. The lowest BCUT2D eigenvalue weighted by atomic mass is 9.99. The van der Waals surface area contributed by atoms with Crippen molar-refractivity contribution in [1.82, 2.24) is 10.2 Å². The van der Waals surface area contributed by atoms with Crippen molar-refractivity contribution < 1.29 is 4.74 Å². The van der Waals surface area contributed by atoms with E-state index in [-0.39, 0.29) is 5.60 Å². The minimum atomic E-state index is -0.0169. The van der Waals surface area contributed by atoms with Gasteiger partial charge in [-0.25, -0.2) is 0 Å². The van der Waals surface area contributed by atoms with Crippen LogP contribution in [-0.2, 0) is 4.74 Å². The van der Waals surface area contributed by atoms with Gasteiger partial charge in [-0.1, -0.05) is 0 Å². The molecule has 0 amide bonds. The van der Waals surface area contributed by atoms with Crippen molar-refractivity contribution in [3.8, 4) is 0 Å². The Hall–Kier alpha value is -0.120. The van der Waals surface area contributed by atoms with Gasteiger partial charge in [0.25, 0.3) is 0 Å². The molecular weight excluding hydrogens is 188 g/mol. The van der Waals surface area contributed by atoms with Crippen LogP contribution in [0.1, 0.15) is 33.6 Å². The highest BCUT2D eigenvalue weighted by Gasteiger charge is 2.24. The van der Waals surface area contributed by atoms with Crippen LogP contribution in [0.3, 0.4) is 0 Å². The molecule has 0 spiro atoms. The van der Waals surface area contributed by atoms with E-state index in [2.05, 4.69) is 38.0 Å². The Morgan fingerprint density at radius 3 is 2.67 bits per heavy atom. The van der Waals surface area contributed by atoms with Gasteiger partial charge in [0, 0.05) is 25.7 Å². The van der Waals surface area contributed by atoms with Gasteiger partial charge in [0.05, 0.1) is 5.60 Å². The molecule has 2 unspecified atom stereocenters. The van der Waals surface area contributed by atoms with Crippen molar-refractivity contribution in [2.24, 2.45) is 0 Å². The highest BCUT2D eigenvalue weighted by atomic mass is 16.5. The van der Waals surface area contributed by atoms with Crippen molar-refractivity contribution in [3.63, 3.8) is 0 Å². The van der Waals surface area contributed by atoms with Crippen LogP contribution in [0.25, 0.3) is 0 Å². The maximum absolute atomic E-state index is 5.44. The second-order valence-electron chi connectivity index (χ2n) is 5.48. The van der Waals surface area contributed by atoms with Crippen LogP contribution < -0.4 is 5.32 Å². The molecule has 1 saturated heterocycles. The van der Waals surface area contributed by atoms with Gasteiger partial charge in [-0.3, -0.25) is 0 Å². The first kappa shape index (κ1) is 12.9. The minimum absolute atomic E-state index is 0.0169. The molecule has 1 aliphatic heterocycles. The summed E-state index contributed by atoms with van der Waals surface area (Å²) in [5, 5.41) is 3.68. The molecule has 0 radical (unpaired) electrons. The summed E-state index contributed by atoms with van der Waals surface area (Å²) in [5.41, 5.74) is -0.0169. The van der Waals surface area contributed by atoms with Crippen LogP contribution >= 0.6 is 0 Å². The van der Waals surface area contributed by atoms with Crippen LogP contribution in [0.4, 0.5) is 0 Å². The standard InChI is InChI=1S/C12H26N2O/c1-10(8-12(2,3)15-5)13-11-6-7-14(4)9-11/h10-11,13H,6-9H2,1-5H3. The molecule has 1 fully saturated rings. The SMILES string of the molecule is COC(C)(C)CC(C)NC1CCN(C)C1. The molecule has 0 aromatic heterocycles. The van der Waals surface area contributed by atoms with Gasteiger partial charge in [-0.05, 0) is 47.2 Å². The summed E-state index contributed by atoms with van der Waals surface area (Å²) >= 11 is 0. The molecule has 1 N–H and O–H groups in total. The molecule has 2 atom stereocenters. The number of hydrogen-bond donors (Lipinski definition) is 1. The fourth-order valence-electron chi connectivity index (χ4n) is 2.35. The summed E-state index contributed by atoms with van der Waals surface area (Å²) in [4.78, 5) is 2.38. The Labute approximate surface area is 94.2 Å². The summed E-state index contributed by atoms with van der Waals surface area (Å²) < 4.78 is 5.44. The van der Waals surface area contributed by atoms with Crippen LogP contribution in [0.15, 0.2) is 0 Å². The predicted molar refractivity (Wildman–Crippen MR) is 64.2 cm³/mol. The average molecular weight is 214 g/mol. The van der Waals surface area contributed by atoms with E-state index >= 15 is 0 Å². The number of rotatable bonds is 5. The molecule has 0 aromatic rings. The van der Waals surface area contributed by atoms with E-state index in [0.717, 1.165) is 6.42 Å². The van der Waals surface area contributed by atoms with Crippen LogP contribution in [-0.4, -0.2) is 49.8 Å². The van der Waals surface area contributed by atoms with Gasteiger partial charge < -0.3 is 15.0 Å². The molecule has 15 heavy (non-hydrogen) atoms. The zero-order chi connectivity index (χ0) is 11.5. The quantitative estimate of drug-likeness (QED) is 0.750. The third-order valence-electron chi connectivity index (χ3n) is 3.26. The molecule has 1 rings (SSSR count). The number of ether oxygens (including phenoxy) is 1. The summed E-state index contributed by atoms with van der Waals surface area (Å²) in [7, 11) is 3.97. The van der Waals surface area contributed by atoms with E-state index < -0.39 is 0 Å². The Morgan fingerprint density at radius 1 is 1.53 bits per heavy atom. The summed E-state index contributed by atoms with van der Waals surface area (Å²) in [6.45, 7) is 8.94. The molecule has 1 aliphatic rings. The molecule has 3 heteroatoms. The molecule has 0 saturated carbocycles. The summed E-state index contributed by atoms with van der Waals surface area (Å²) in [6, 6.07) is 1.19. The van der Waals surface area contributed by atoms with Crippen molar-refractivity contribution in [3.05, 3.63) is 0 Å². The number of hydrogen-bond acceptors (Lipinski definition) is 3. The monoisotopic (exact) mass is 214 g/mol. The van der Waals surface area contributed by atoms with E-state index in [1.54, 1.807) is 7.11 Å². The second-order valence-corrected chi connectivity index (χ2v) is 5.48. The Kier molecular flexibility index (Phi) is 4.56. The average Bonchev–Trinajstić information content (AvgIpc) is 2.50. The summed E-state index contributed by atoms with van der Waals surface area (Å²) in [6.07, 6.45) is 2.33. The number of likely N-dealkylation sites (tertiary alicyclic amines) is 1. The van der Waals surface area contributed by atoms with Gasteiger partial charge in [-0.15, -0.1) is 0 Å². The fourth-order valence-corrected chi connectivity index (χ4v) is 2.35. The number of methoxy groups -OCH3 is 1. The lowest BCUT2D eigenvalue weighted by Crippen LogP contribution is -2.42. The topological polar surface area (TPSA) is 24.5 Å². The van der Waals surface area contributed by atoms with E-state index in [0.29, 0.717) is 12.1 Å². The zero-order valence-corrected chi connectivity index (χ0v) is 10.8. The van der Waals surface area contributed by atoms with Gasteiger partial charge >= 0.3 is 0 Å². The van der Waals surface area contributed by atoms with E-state index in [4.69, 9.17) is 4.74 Å². The van der Waals surface area contributed by atoms with Crippen molar-refractivity contribution in [2.45, 2.75) is 51.3 Å². The first-order chi connectivity index (χ1) is 6.93. The normalized spacial score (nSPS) is 25.8. The smallest absolute Gasteiger partial charge is 0.0637 e. The van der Waals surface area contributed by atoms with E-state index in [9.17, 15) is 0 Å². The fraction of sp³-hybridized carbons (Fsp3) is 1.00. The minimum Gasteiger partial charge on any atom is -0.379 e. The number of likely N-dealkylation sites (N-methyl/N-ethyl adjacent to an activating group) is 1. The lowest BCUT2D eigenvalue weighted by Gasteiger charge is -2.28. The third-order valence-corrected chi connectivity index (χ3v) is 3.26. The van der Waals surface area contributed by atoms with Crippen LogP contribution in [0.5, 0.6) is 0 Å². The third kappa shape index (κ3) is 4.49. The van der Waals surface area contributed by atoms with Crippen molar-refractivity contribution in [1.29, 1.82) is 0 Å². The molecule has 1 heterocycles. The maximum atomic E-state index is 5.44. The van der Waals surface area contributed by atoms with Gasteiger partial charge in [-0.2, -0.15) is 0 Å². The zero-order valence-electron chi connectivity index (χ0n) is 10.8. The van der Waals surface area contributed by atoms with Crippen molar-refractivity contribution in [2.75, 3.05) is 27.2 Å². The number of nitrogens with one attached hydrogen (secondary N) is 1. The Morgan fingerprint density at radius 2 is 2.20 bits per heavy atom. The molecule has 0 bridgehead atoms. The van der Waals surface area contributed by atoms with Crippen LogP contribution in [0, 0.1) is 0 Å². The van der Waals surface area contributed by atoms with E-state index in [1.807, 2.05) is 0 Å². The highest BCUT2D eigenvalue weighted by Crippen LogP contribution is 2.16. The van der Waals surface area contributed by atoms with Gasteiger partial charge in [0.1, 0.15) is 0 Å². The summed E-state index contributed by atoms with van der Waals surface area (Å²) in [5.74, 6) is 0. The van der Waals surface area contributed by atoms with Gasteiger partial charge in [0.2, 0.25) is 0 Å². The van der Waals surface area contributed by atoms with E-state index in [1.165, 1.54) is 19.5 Å². The lowest BCUT2D eigenvalue weighted by molar-refractivity contribution is 0.00779.